The summed E-state index contributed by atoms with van der Waals surface area (Å²) in [6.45, 7) is 8.38. The van der Waals surface area contributed by atoms with Gasteiger partial charge in [-0.1, -0.05) is 13.8 Å². The van der Waals surface area contributed by atoms with Crippen LogP contribution in [0.3, 0.4) is 0 Å². The number of nitrogens with zero attached hydrogens (tertiary/aromatic N) is 3. The zero-order valence-electron chi connectivity index (χ0n) is 15.5. The van der Waals surface area contributed by atoms with Crippen molar-refractivity contribution < 1.29 is 4.79 Å². The van der Waals surface area contributed by atoms with Crippen molar-refractivity contribution in [2.75, 3.05) is 26.7 Å². The summed E-state index contributed by atoms with van der Waals surface area (Å²) in [5, 5.41) is 10.1. The van der Waals surface area contributed by atoms with Gasteiger partial charge in [0.05, 0.1) is 5.01 Å². The quantitative estimate of drug-likeness (QED) is 0.285. The first-order valence-electron chi connectivity index (χ1n) is 8.66. The second kappa shape index (κ2) is 10.9. The van der Waals surface area contributed by atoms with E-state index in [1.807, 2.05) is 25.7 Å². The highest BCUT2D eigenvalue weighted by atomic mass is 127. The van der Waals surface area contributed by atoms with Crippen LogP contribution < -0.4 is 10.6 Å². The van der Waals surface area contributed by atoms with Crippen molar-refractivity contribution in [1.29, 1.82) is 0 Å². The molecule has 0 aromatic carbocycles. The van der Waals surface area contributed by atoms with Gasteiger partial charge in [0.25, 0.3) is 0 Å². The van der Waals surface area contributed by atoms with Gasteiger partial charge in [0.2, 0.25) is 5.91 Å². The van der Waals surface area contributed by atoms with E-state index in [0.717, 1.165) is 50.6 Å². The summed E-state index contributed by atoms with van der Waals surface area (Å²) >= 11 is 1.72. The zero-order chi connectivity index (χ0) is 17.5. The summed E-state index contributed by atoms with van der Waals surface area (Å²) < 4.78 is 0. The van der Waals surface area contributed by atoms with E-state index >= 15 is 0 Å². The van der Waals surface area contributed by atoms with Crippen LogP contribution in [0, 0.1) is 12.8 Å². The molecule has 1 aliphatic rings. The zero-order valence-corrected chi connectivity index (χ0v) is 18.7. The summed E-state index contributed by atoms with van der Waals surface area (Å²) in [6, 6.07) is 0.278. The number of aryl methyl sites for hydroxylation is 2. The van der Waals surface area contributed by atoms with Gasteiger partial charge in [-0.05, 0) is 19.8 Å². The minimum absolute atomic E-state index is 0. The van der Waals surface area contributed by atoms with Crippen LogP contribution in [0.4, 0.5) is 0 Å². The van der Waals surface area contributed by atoms with Gasteiger partial charge in [0.1, 0.15) is 0 Å². The fraction of sp³-hybridized carbons (Fsp3) is 0.706. The largest absolute Gasteiger partial charge is 0.356 e. The van der Waals surface area contributed by atoms with Gasteiger partial charge in [0, 0.05) is 56.1 Å². The molecule has 1 saturated heterocycles. The Morgan fingerprint density at radius 3 is 2.88 bits per heavy atom. The highest BCUT2D eigenvalue weighted by Crippen LogP contribution is 2.13. The summed E-state index contributed by atoms with van der Waals surface area (Å²) in [6.07, 6.45) is 2.98. The van der Waals surface area contributed by atoms with Gasteiger partial charge >= 0.3 is 0 Å². The number of carbonyl (C=O) groups is 1. The predicted octanol–water partition coefficient (Wildman–Crippen LogP) is 2.42. The summed E-state index contributed by atoms with van der Waals surface area (Å²) in [5.74, 6) is 1.12. The number of hydrogen-bond acceptors (Lipinski definition) is 4. The number of amides is 1. The molecule has 1 unspecified atom stereocenters. The van der Waals surface area contributed by atoms with E-state index in [0.29, 0.717) is 0 Å². The van der Waals surface area contributed by atoms with Crippen molar-refractivity contribution in [3.8, 4) is 0 Å². The fourth-order valence-corrected chi connectivity index (χ4v) is 3.61. The maximum atomic E-state index is 12.0. The number of likely N-dealkylation sites (tertiary alicyclic amines) is 1. The lowest BCUT2D eigenvalue weighted by atomic mass is 10.2. The molecule has 1 aliphatic heterocycles. The summed E-state index contributed by atoms with van der Waals surface area (Å²) in [4.78, 5) is 22.7. The maximum Gasteiger partial charge on any atom is 0.225 e. The first-order valence-corrected chi connectivity index (χ1v) is 9.54. The first-order chi connectivity index (χ1) is 11.5. The molecule has 0 saturated carbocycles. The molecule has 1 aromatic rings. The molecule has 2 rings (SSSR count). The van der Waals surface area contributed by atoms with Crippen molar-refractivity contribution in [2.24, 2.45) is 10.9 Å². The van der Waals surface area contributed by atoms with E-state index in [2.05, 4.69) is 26.0 Å². The number of guanidine groups is 1. The first kappa shape index (κ1) is 22.1. The Morgan fingerprint density at radius 2 is 2.28 bits per heavy atom. The molecule has 6 nitrogen and oxygen atoms in total. The Labute approximate surface area is 171 Å². The second-order valence-corrected chi connectivity index (χ2v) is 7.50. The van der Waals surface area contributed by atoms with Crippen molar-refractivity contribution in [3.05, 3.63) is 16.1 Å². The van der Waals surface area contributed by atoms with E-state index in [1.165, 1.54) is 5.01 Å². The van der Waals surface area contributed by atoms with Crippen LogP contribution in [0.25, 0.3) is 0 Å². The Kier molecular flexibility index (Phi) is 9.70. The smallest absolute Gasteiger partial charge is 0.225 e. The van der Waals surface area contributed by atoms with E-state index in [-0.39, 0.29) is 41.8 Å². The standard InChI is InChI=1S/C17H29N5OS.HI/c1-12(2)16(23)22-9-7-14(10-22)21-17(18-4)19-8-5-6-15-20-13(3)11-24-15;/h11-12,14H,5-10H2,1-4H3,(H2,18,19,21);1H. The van der Waals surface area contributed by atoms with Crippen molar-refractivity contribution >= 4 is 47.2 Å². The Balaban J connectivity index is 0.00000312. The van der Waals surface area contributed by atoms with Gasteiger partial charge in [-0.15, -0.1) is 35.3 Å². The summed E-state index contributed by atoms with van der Waals surface area (Å²) in [5.41, 5.74) is 1.10. The third-order valence-electron chi connectivity index (χ3n) is 4.08. The molecule has 1 atom stereocenters. The van der Waals surface area contributed by atoms with Crippen LogP contribution in [0.2, 0.25) is 0 Å². The highest BCUT2D eigenvalue weighted by Gasteiger charge is 2.27. The van der Waals surface area contributed by atoms with Gasteiger partial charge in [-0.2, -0.15) is 0 Å². The molecule has 0 bridgehead atoms. The minimum atomic E-state index is 0. The van der Waals surface area contributed by atoms with Crippen molar-refractivity contribution in [1.82, 2.24) is 20.5 Å². The van der Waals surface area contributed by atoms with Crippen LogP contribution in [-0.2, 0) is 11.2 Å². The van der Waals surface area contributed by atoms with Crippen LogP contribution in [0.5, 0.6) is 0 Å². The van der Waals surface area contributed by atoms with Crippen molar-refractivity contribution in [3.63, 3.8) is 0 Å². The average molecular weight is 479 g/mol. The van der Waals surface area contributed by atoms with Crippen LogP contribution in [-0.4, -0.2) is 54.5 Å². The Bertz CT molecular complexity index is 575. The molecule has 0 aliphatic carbocycles. The topological polar surface area (TPSA) is 69.6 Å². The number of nitrogens with one attached hydrogen (secondary N) is 2. The third-order valence-corrected chi connectivity index (χ3v) is 5.11. The monoisotopic (exact) mass is 479 g/mol. The van der Waals surface area contributed by atoms with Crippen molar-refractivity contribution in [2.45, 2.75) is 46.1 Å². The van der Waals surface area contributed by atoms with E-state index in [9.17, 15) is 4.79 Å². The number of rotatable bonds is 6. The van der Waals surface area contributed by atoms with Gasteiger partial charge < -0.3 is 15.5 Å². The molecule has 1 amide bonds. The SMILES string of the molecule is CN=C(NCCCc1nc(C)cs1)NC1CCN(C(=O)C(C)C)C1.I. The molecule has 2 heterocycles. The number of carbonyl (C=O) groups excluding carboxylic acids is 1. The normalized spacial score (nSPS) is 17.6. The number of thiazole rings is 1. The number of hydrogen-bond donors (Lipinski definition) is 2. The maximum absolute atomic E-state index is 12.0. The third kappa shape index (κ3) is 7.08. The lowest BCUT2D eigenvalue weighted by Crippen LogP contribution is -2.45. The second-order valence-electron chi connectivity index (χ2n) is 6.55. The number of aliphatic imine (C=N–C) groups is 1. The van der Waals surface area contributed by atoms with Gasteiger partial charge in [-0.25, -0.2) is 4.98 Å². The lowest BCUT2D eigenvalue weighted by molar-refractivity contribution is -0.133. The van der Waals surface area contributed by atoms with E-state index < -0.39 is 0 Å². The molecular weight excluding hydrogens is 449 g/mol. The van der Waals surface area contributed by atoms with Crippen LogP contribution in [0.15, 0.2) is 10.4 Å². The lowest BCUT2D eigenvalue weighted by Gasteiger charge is -2.20. The number of halogens is 1. The summed E-state index contributed by atoms with van der Waals surface area (Å²) in [7, 11) is 1.78. The van der Waals surface area contributed by atoms with Gasteiger partial charge in [-0.3, -0.25) is 9.79 Å². The van der Waals surface area contributed by atoms with Crippen LogP contribution >= 0.6 is 35.3 Å². The fourth-order valence-electron chi connectivity index (χ4n) is 2.80. The molecule has 8 heteroatoms. The Hall–Kier alpha value is -0.900. The van der Waals surface area contributed by atoms with Gasteiger partial charge in [0.15, 0.2) is 5.96 Å². The van der Waals surface area contributed by atoms with E-state index in [1.54, 1.807) is 18.4 Å². The minimum Gasteiger partial charge on any atom is -0.356 e. The molecule has 2 N–H and O–H groups in total. The molecule has 0 spiro atoms. The number of aromatic nitrogens is 1. The molecule has 25 heavy (non-hydrogen) atoms. The molecule has 1 fully saturated rings. The predicted molar refractivity (Wildman–Crippen MR) is 115 cm³/mol. The highest BCUT2D eigenvalue weighted by molar-refractivity contribution is 14.0. The molecule has 0 radical (unpaired) electrons. The average Bonchev–Trinajstić information content (AvgIpc) is 3.18. The molecular formula is C17H30IN5OS. The molecule has 1 aromatic heterocycles. The molecule has 142 valence electrons. The Morgan fingerprint density at radius 1 is 1.52 bits per heavy atom. The van der Waals surface area contributed by atoms with Crippen LogP contribution in [0.1, 0.15) is 37.4 Å². The van der Waals surface area contributed by atoms with E-state index in [4.69, 9.17) is 0 Å².